The highest BCUT2D eigenvalue weighted by Gasteiger charge is 2.23. The van der Waals surface area contributed by atoms with E-state index in [1.165, 1.54) is 0 Å². The van der Waals surface area contributed by atoms with E-state index in [0.717, 1.165) is 12.8 Å². The van der Waals surface area contributed by atoms with Crippen LogP contribution in [0.1, 0.15) is 12.8 Å². The van der Waals surface area contributed by atoms with Crippen molar-refractivity contribution in [1.29, 1.82) is 0 Å². The van der Waals surface area contributed by atoms with E-state index in [0.29, 0.717) is 13.1 Å². The normalized spacial score (nSPS) is 28.6. The molecule has 0 spiro atoms. The van der Waals surface area contributed by atoms with Crippen molar-refractivity contribution in [2.75, 3.05) is 19.6 Å². The molecule has 0 aromatic rings. The van der Waals surface area contributed by atoms with E-state index in [1.807, 2.05) is 0 Å². The van der Waals surface area contributed by atoms with E-state index in [2.05, 4.69) is 5.32 Å². The Labute approximate surface area is 76.6 Å². The third-order valence-corrected chi connectivity index (χ3v) is 2.13. The molecular formula is C8H16F2N2O. The van der Waals surface area contributed by atoms with Crippen LogP contribution >= 0.6 is 0 Å². The molecule has 0 amide bonds. The highest BCUT2D eigenvalue weighted by atomic mass is 19.3. The minimum atomic E-state index is -2.29. The van der Waals surface area contributed by atoms with Gasteiger partial charge in [0.2, 0.25) is 0 Å². The second-order valence-corrected chi connectivity index (χ2v) is 3.24. The van der Waals surface area contributed by atoms with Gasteiger partial charge in [0.1, 0.15) is 0 Å². The summed E-state index contributed by atoms with van der Waals surface area (Å²) in [5, 5.41) is 2.66. The number of hydrogen-bond donors (Lipinski definition) is 2. The number of hydrogen-bond acceptors (Lipinski definition) is 3. The third kappa shape index (κ3) is 3.97. The van der Waals surface area contributed by atoms with Crippen LogP contribution in [0.2, 0.25) is 0 Å². The zero-order chi connectivity index (χ0) is 9.68. The van der Waals surface area contributed by atoms with E-state index < -0.39 is 6.43 Å². The predicted octanol–water partition coefficient (Wildman–Crippen LogP) is 0.347. The summed E-state index contributed by atoms with van der Waals surface area (Å²) in [6.45, 7) is 0.763. The van der Waals surface area contributed by atoms with E-state index in [4.69, 9.17) is 10.5 Å². The first-order valence-corrected chi connectivity index (χ1v) is 4.56. The maximum atomic E-state index is 11.7. The molecule has 3 nitrogen and oxygen atoms in total. The van der Waals surface area contributed by atoms with E-state index in [-0.39, 0.29) is 18.8 Å². The van der Waals surface area contributed by atoms with E-state index in [1.54, 1.807) is 0 Å². The zero-order valence-electron chi connectivity index (χ0n) is 7.51. The zero-order valence-corrected chi connectivity index (χ0v) is 7.51. The van der Waals surface area contributed by atoms with Crippen molar-refractivity contribution in [2.24, 2.45) is 5.73 Å². The van der Waals surface area contributed by atoms with Crippen molar-refractivity contribution in [3.63, 3.8) is 0 Å². The van der Waals surface area contributed by atoms with Crippen LogP contribution in [0.25, 0.3) is 0 Å². The van der Waals surface area contributed by atoms with Gasteiger partial charge in [-0.25, -0.2) is 8.78 Å². The van der Waals surface area contributed by atoms with Gasteiger partial charge in [-0.15, -0.1) is 0 Å². The first kappa shape index (κ1) is 10.8. The summed E-state index contributed by atoms with van der Waals surface area (Å²) < 4.78 is 28.9. The Balaban J connectivity index is 2.03. The second-order valence-electron chi connectivity index (χ2n) is 3.24. The molecule has 78 valence electrons. The average molecular weight is 194 g/mol. The molecule has 3 N–H and O–H groups in total. The van der Waals surface area contributed by atoms with Gasteiger partial charge in [-0.3, -0.25) is 0 Å². The topological polar surface area (TPSA) is 47.3 Å². The average Bonchev–Trinajstić information content (AvgIpc) is 2.52. The SMILES string of the molecule is NCC1CCC(CNCC(F)F)O1. The molecule has 1 aliphatic heterocycles. The molecule has 0 radical (unpaired) electrons. The fourth-order valence-corrected chi connectivity index (χ4v) is 1.46. The lowest BCUT2D eigenvalue weighted by atomic mass is 10.2. The Hall–Kier alpha value is -0.260. The maximum Gasteiger partial charge on any atom is 0.250 e. The lowest BCUT2D eigenvalue weighted by molar-refractivity contribution is 0.0471. The highest BCUT2D eigenvalue weighted by Crippen LogP contribution is 2.17. The van der Waals surface area contributed by atoms with Gasteiger partial charge in [0.25, 0.3) is 6.43 Å². The molecule has 0 aromatic carbocycles. The molecule has 1 heterocycles. The summed E-state index contributed by atoms with van der Waals surface area (Å²) >= 11 is 0. The smallest absolute Gasteiger partial charge is 0.250 e. The fourth-order valence-electron chi connectivity index (χ4n) is 1.46. The summed E-state index contributed by atoms with van der Waals surface area (Å²) in [7, 11) is 0. The van der Waals surface area contributed by atoms with Gasteiger partial charge in [-0.1, -0.05) is 0 Å². The summed E-state index contributed by atoms with van der Waals surface area (Å²) in [6, 6.07) is 0. The van der Waals surface area contributed by atoms with Crippen LogP contribution in [0.5, 0.6) is 0 Å². The molecule has 1 aliphatic rings. The Morgan fingerprint density at radius 3 is 2.62 bits per heavy atom. The van der Waals surface area contributed by atoms with Crippen LogP contribution in [0.15, 0.2) is 0 Å². The first-order chi connectivity index (χ1) is 6.22. The second kappa shape index (κ2) is 5.47. The molecule has 13 heavy (non-hydrogen) atoms. The minimum Gasteiger partial charge on any atom is -0.372 e. The van der Waals surface area contributed by atoms with Gasteiger partial charge in [0.15, 0.2) is 0 Å². The number of rotatable bonds is 5. The number of ether oxygens (including phenoxy) is 1. The van der Waals surface area contributed by atoms with Gasteiger partial charge >= 0.3 is 0 Å². The standard InChI is InChI=1S/C8H16F2N2O/c9-8(10)5-12-4-7-2-1-6(3-11)13-7/h6-8,12H,1-5,11H2. The lowest BCUT2D eigenvalue weighted by Crippen LogP contribution is -2.31. The quantitative estimate of drug-likeness (QED) is 0.663. The number of nitrogens with two attached hydrogens (primary N) is 1. The van der Waals surface area contributed by atoms with Gasteiger partial charge in [-0.05, 0) is 12.8 Å². The Bertz CT molecular complexity index is 146. The minimum absolute atomic E-state index is 0.0623. The largest absolute Gasteiger partial charge is 0.372 e. The maximum absolute atomic E-state index is 11.7. The summed E-state index contributed by atoms with van der Waals surface area (Å²) in [5.74, 6) is 0. The van der Waals surface area contributed by atoms with Crippen molar-refractivity contribution in [3.05, 3.63) is 0 Å². The van der Waals surface area contributed by atoms with Crippen LogP contribution < -0.4 is 11.1 Å². The molecule has 1 rings (SSSR count). The Morgan fingerprint density at radius 2 is 2.08 bits per heavy atom. The fraction of sp³-hybridized carbons (Fsp3) is 1.00. The molecule has 0 aromatic heterocycles. The number of alkyl halides is 2. The number of halogens is 2. The molecule has 1 saturated heterocycles. The van der Waals surface area contributed by atoms with Crippen molar-refractivity contribution in [3.8, 4) is 0 Å². The van der Waals surface area contributed by atoms with Crippen LogP contribution in [0, 0.1) is 0 Å². The predicted molar refractivity (Wildman–Crippen MR) is 45.8 cm³/mol. The van der Waals surface area contributed by atoms with Gasteiger partial charge in [0, 0.05) is 13.1 Å². The molecule has 2 unspecified atom stereocenters. The lowest BCUT2D eigenvalue weighted by Gasteiger charge is -2.12. The molecule has 1 fully saturated rings. The van der Waals surface area contributed by atoms with E-state index in [9.17, 15) is 8.78 Å². The van der Waals surface area contributed by atoms with Gasteiger partial charge < -0.3 is 15.8 Å². The molecular weight excluding hydrogens is 178 g/mol. The Kier molecular flexibility index (Phi) is 4.55. The van der Waals surface area contributed by atoms with Gasteiger partial charge in [-0.2, -0.15) is 0 Å². The summed E-state index contributed by atoms with van der Waals surface area (Å²) in [5.41, 5.74) is 5.41. The monoisotopic (exact) mass is 194 g/mol. The van der Waals surface area contributed by atoms with Crippen LogP contribution in [0.4, 0.5) is 8.78 Å². The molecule has 5 heteroatoms. The van der Waals surface area contributed by atoms with E-state index >= 15 is 0 Å². The molecule has 2 atom stereocenters. The van der Waals surface area contributed by atoms with Crippen LogP contribution in [0.3, 0.4) is 0 Å². The van der Waals surface area contributed by atoms with Gasteiger partial charge in [0.05, 0.1) is 18.8 Å². The first-order valence-electron chi connectivity index (χ1n) is 4.56. The summed E-state index contributed by atoms with van der Waals surface area (Å²) in [6.07, 6.45) is -0.243. The Morgan fingerprint density at radius 1 is 1.38 bits per heavy atom. The van der Waals surface area contributed by atoms with Crippen LogP contribution in [-0.2, 0) is 4.74 Å². The number of nitrogens with one attached hydrogen (secondary N) is 1. The van der Waals surface area contributed by atoms with Crippen molar-refractivity contribution < 1.29 is 13.5 Å². The summed E-state index contributed by atoms with van der Waals surface area (Å²) in [4.78, 5) is 0. The molecule has 0 saturated carbocycles. The highest BCUT2D eigenvalue weighted by molar-refractivity contribution is 4.75. The van der Waals surface area contributed by atoms with Crippen LogP contribution in [-0.4, -0.2) is 38.3 Å². The third-order valence-electron chi connectivity index (χ3n) is 2.13. The van der Waals surface area contributed by atoms with Crippen molar-refractivity contribution in [1.82, 2.24) is 5.32 Å². The van der Waals surface area contributed by atoms with Crippen molar-refractivity contribution in [2.45, 2.75) is 31.5 Å². The molecule has 0 bridgehead atoms. The molecule has 0 aliphatic carbocycles. The van der Waals surface area contributed by atoms with Crippen molar-refractivity contribution >= 4 is 0 Å².